The molecule has 0 aromatic heterocycles. The molecule has 1 heterocycles. The first-order chi connectivity index (χ1) is 12.7. The molecule has 27 heavy (non-hydrogen) atoms. The fourth-order valence-electron chi connectivity index (χ4n) is 2.43. The summed E-state index contributed by atoms with van der Waals surface area (Å²) in [5, 5.41) is 5.19. The smallest absolute Gasteiger partial charge is 0.321 e. The van der Waals surface area contributed by atoms with Gasteiger partial charge >= 0.3 is 12.2 Å². The van der Waals surface area contributed by atoms with E-state index in [1.165, 1.54) is 29.4 Å². The van der Waals surface area contributed by atoms with Crippen LogP contribution in [0, 0.1) is 0 Å². The highest BCUT2D eigenvalue weighted by Gasteiger charge is 2.30. The van der Waals surface area contributed by atoms with Crippen LogP contribution in [0.15, 0.2) is 47.5 Å². The Kier molecular flexibility index (Phi) is 5.04. The van der Waals surface area contributed by atoms with Crippen LogP contribution in [-0.2, 0) is 11.0 Å². The van der Waals surface area contributed by atoms with Crippen LogP contribution >= 0.6 is 11.6 Å². The van der Waals surface area contributed by atoms with Gasteiger partial charge in [0.15, 0.2) is 0 Å². The lowest BCUT2D eigenvalue weighted by atomic mass is 10.2. The zero-order chi connectivity index (χ0) is 19.6. The summed E-state index contributed by atoms with van der Waals surface area (Å²) in [5.41, 5.74) is -0.166. The number of carbonyl (C=O) groups is 2. The summed E-state index contributed by atoms with van der Waals surface area (Å²) >= 11 is 5.95. The van der Waals surface area contributed by atoms with Gasteiger partial charge in [-0.25, -0.2) is 9.79 Å². The largest absolute Gasteiger partial charge is 0.416 e. The molecule has 2 N–H and O–H groups in total. The highest BCUT2D eigenvalue weighted by Crippen LogP contribution is 2.32. The molecule has 6 nitrogen and oxygen atoms in total. The van der Waals surface area contributed by atoms with E-state index in [4.69, 9.17) is 11.6 Å². The minimum Gasteiger partial charge on any atom is -0.321 e. The lowest BCUT2D eigenvalue weighted by Crippen LogP contribution is -2.24. The number of nitrogens with one attached hydrogen (secondary N) is 2. The van der Waals surface area contributed by atoms with E-state index in [9.17, 15) is 22.8 Å². The van der Waals surface area contributed by atoms with E-state index >= 15 is 0 Å². The van der Waals surface area contributed by atoms with Gasteiger partial charge in [0.25, 0.3) is 5.91 Å². The molecule has 0 bridgehead atoms. The van der Waals surface area contributed by atoms with Crippen LogP contribution in [0.5, 0.6) is 0 Å². The Morgan fingerprint density at radius 3 is 2.59 bits per heavy atom. The van der Waals surface area contributed by atoms with E-state index in [1.54, 1.807) is 12.1 Å². The van der Waals surface area contributed by atoms with E-state index in [1.807, 2.05) is 0 Å². The third-order valence-corrected chi connectivity index (χ3v) is 3.85. The molecule has 1 aliphatic heterocycles. The summed E-state index contributed by atoms with van der Waals surface area (Å²) in [6.45, 7) is 0.00552. The van der Waals surface area contributed by atoms with Crippen LogP contribution in [0.3, 0.4) is 0 Å². The Morgan fingerprint density at radius 2 is 1.93 bits per heavy atom. The number of halogens is 4. The number of hydrogen-bond acceptors (Lipinski definition) is 3. The van der Waals surface area contributed by atoms with E-state index < -0.39 is 17.8 Å². The first kappa shape index (κ1) is 18.7. The van der Waals surface area contributed by atoms with Crippen molar-refractivity contribution in [2.45, 2.75) is 6.18 Å². The lowest BCUT2D eigenvalue weighted by molar-refractivity contribution is -0.137. The first-order valence-electron chi connectivity index (χ1n) is 7.61. The van der Waals surface area contributed by atoms with Crippen molar-refractivity contribution in [2.75, 3.05) is 22.1 Å². The van der Waals surface area contributed by atoms with Crippen molar-refractivity contribution >= 4 is 46.9 Å². The maximum absolute atomic E-state index is 12.8. The number of nitrogens with zero attached hydrogens (tertiary/aromatic N) is 2. The van der Waals surface area contributed by atoms with Crippen LogP contribution in [0.25, 0.3) is 0 Å². The van der Waals surface area contributed by atoms with Crippen molar-refractivity contribution in [1.82, 2.24) is 0 Å². The molecule has 0 unspecified atom stereocenters. The number of anilines is 3. The number of rotatable bonds is 3. The second-order valence-electron chi connectivity index (χ2n) is 5.59. The fourth-order valence-corrected chi connectivity index (χ4v) is 2.60. The van der Waals surface area contributed by atoms with E-state index in [0.29, 0.717) is 10.7 Å². The van der Waals surface area contributed by atoms with Crippen molar-refractivity contribution in [3.05, 3.63) is 53.1 Å². The van der Waals surface area contributed by atoms with Crippen molar-refractivity contribution in [3.63, 3.8) is 0 Å². The van der Waals surface area contributed by atoms with Gasteiger partial charge in [-0.2, -0.15) is 13.2 Å². The third-order valence-electron chi connectivity index (χ3n) is 3.61. The molecule has 10 heteroatoms. The summed E-state index contributed by atoms with van der Waals surface area (Å²) in [7, 11) is 0. The molecule has 0 spiro atoms. The number of aliphatic imine (C=N–C) groups is 1. The quantitative estimate of drug-likeness (QED) is 0.808. The van der Waals surface area contributed by atoms with Gasteiger partial charge in [0.2, 0.25) is 0 Å². The summed E-state index contributed by atoms with van der Waals surface area (Å²) in [4.78, 5) is 28.7. The molecule has 2 aromatic rings. The molecule has 0 saturated carbocycles. The van der Waals surface area contributed by atoms with Crippen molar-refractivity contribution in [3.8, 4) is 0 Å². The Morgan fingerprint density at radius 1 is 1.15 bits per heavy atom. The van der Waals surface area contributed by atoms with E-state index in [0.717, 1.165) is 12.1 Å². The molecule has 3 amide bonds. The lowest BCUT2D eigenvalue weighted by Gasteiger charge is -2.19. The fraction of sp³-hybridized carbons (Fsp3) is 0.118. The molecular weight excluding hydrogens is 385 g/mol. The number of carbonyl (C=O) groups excluding carboxylic acids is 2. The third kappa shape index (κ3) is 4.56. The van der Waals surface area contributed by atoms with Crippen LogP contribution in [-0.4, -0.2) is 24.8 Å². The van der Waals surface area contributed by atoms with Gasteiger partial charge in [0.1, 0.15) is 6.54 Å². The van der Waals surface area contributed by atoms with Gasteiger partial charge in [0, 0.05) is 10.7 Å². The Bertz CT molecular complexity index is 931. The number of benzene rings is 2. The van der Waals surface area contributed by atoms with Crippen LogP contribution in [0.1, 0.15) is 5.56 Å². The molecule has 2 aromatic carbocycles. The average molecular weight is 397 g/mol. The predicted octanol–water partition coefficient (Wildman–Crippen LogP) is 4.38. The Labute approximate surface area is 156 Å². The van der Waals surface area contributed by atoms with E-state index in [-0.39, 0.29) is 23.8 Å². The number of amides is 3. The topological polar surface area (TPSA) is 73.8 Å². The molecule has 3 rings (SSSR count). The van der Waals surface area contributed by atoms with Gasteiger partial charge in [0.05, 0.1) is 23.3 Å². The molecule has 0 aliphatic carbocycles. The maximum atomic E-state index is 12.8. The highest BCUT2D eigenvalue weighted by atomic mass is 35.5. The Balaban J connectivity index is 1.78. The molecule has 0 saturated heterocycles. The summed E-state index contributed by atoms with van der Waals surface area (Å²) < 4.78 is 38.3. The van der Waals surface area contributed by atoms with Crippen molar-refractivity contribution in [2.24, 2.45) is 4.99 Å². The van der Waals surface area contributed by atoms with E-state index in [2.05, 4.69) is 15.6 Å². The molecule has 1 aliphatic rings. The molecule has 0 atom stereocenters. The van der Waals surface area contributed by atoms with Gasteiger partial charge < -0.3 is 15.5 Å². The molecular formula is C17H12ClF3N4O2. The minimum atomic E-state index is -4.52. The van der Waals surface area contributed by atoms with Crippen LogP contribution in [0.4, 0.5) is 35.0 Å². The van der Waals surface area contributed by atoms with Gasteiger partial charge in [-0.05, 0) is 36.4 Å². The van der Waals surface area contributed by atoms with Gasteiger partial charge in [-0.15, -0.1) is 0 Å². The number of hydrogen-bond donors (Lipinski definition) is 2. The summed E-state index contributed by atoms with van der Waals surface area (Å²) in [6.07, 6.45) is -3.20. The molecule has 0 radical (unpaired) electrons. The molecule has 140 valence electrons. The van der Waals surface area contributed by atoms with Gasteiger partial charge in [-0.1, -0.05) is 17.7 Å². The predicted molar refractivity (Wildman–Crippen MR) is 96.4 cm³/mol. The monoisotopic (exact) mass is 396 g/mol. The maximum Gasteiger partial charge on any atom is 0.416 e. The standard InChI is InChI=1S/C17H12ClF3N4O2/c18-11-4-5-14(25-8-15(26)22-9-25)13(7-11)24-16(27)23-12-3-1-2-10(6-12)17(19,20)21/h1-7,9H,8H2,(H2,23,24,27). The first-order valence-corrected chi connectivity index (χ1v) is 7.98. The second-order valence-corrected chi connectivity index (χ2v) is 6.02. The molecule has 0 fully saturated rings. The SMILES string of the molecule is O=C1CN(c2ccc(Cl)cc2NC(=O)Nc2cccc(C(F)(F)F)c2)C=N1. The van der Waals surface area contributed by atoms with Crippen molar-refractivity contribution in [1.29, 1.82) is 0 Å². The second kappa shape index (κ2) is 7.28. The number of alkyl halides is 3. The van der Waals surface area contributed by atoms with Crippen LogP contribution < -0.4 is 15.5 Å². The Hall–Kier alpha value is -3.07. The van der Waals surface area contributed by atoms with Crippen LogP contribution in [0.2, 0.25) is 5.02 Å². The zero-order valence-electron chi connectivity index (χ0n) is 13.5. The summed E-state index contributed by atoms with van der Waals surface area (Å²) in [5.74, 6) is -0.343. The average Bonchev–Trinajstić information content (AvgIpc) is 3.00. The zero-order valence-corrected chi connectivity index (χ0v) is 14.3. The van der Waals surface area contributed by atoms with Gasteiger partial charge in [-0.3, -0.25) is 4.79 Å². The highest BCUT2D eigenvalue weighted by molar-refractivity contribution is 6.31. The van der Waals surface area contributed by atoms with Crippen molar-refractivity contribution < 1.29 is 22.8 Å². The summed E-state index contributed by atoms with van der Waals surface area (Å²) in [6, 6.07) is 8.11. The number of urea groups is 1. The normalized spacial score (nSPS) is 13.8. The minimum absolute atomic E-state index is 0.00552.